The molecule has 1 amide bonds. The van der Waals surface area contributed by atoms with Crippen LogP contribution >= 0.6 is 0 Å². The fraction of sp³-hybridized carbons (Fsp3) is 0.462. The molecule has 16 heavy (non-hydrogen) atoms. The summed E-state index contributed by atoms with van der Waals surface area (Å²) in [6.07, 6.45) is 3.66. The van der Waals surface area contributed by atoms with E-state index in [1.54, 1.807) is 18.2 Å². The Morgan fingerprint density at radius 3 is 2.69 bits per heavy atom. The maximum Gasteiger partial charge on any atom is 0.255 e. The minimum absolute atomic E-state index is 0.0424. The summed E-state index contributed by atoms with van der Waals surface area (Å²) in [6.45, 7) is 2.03. The van der Waals surface area contributed by atoms with Gasteiger partial charge in [-0.15, -0.1) is 0 Å². The monoisotopic (exact) mass is 219 g/mol. The average Bonchev–Trinajstić information content (AvgIpc) is 2.15. The van der Waals surface area contributed by atoms with Crippen LogP contribution in [0.25, 0.3) is 0 Å². The number of hydrogen-bond acceptors (Lipinski definition) is 2. The van der Waals surface area contributed by atoms with Gasteiger partial charge in [-0.2, -0.15) is 0 Å². The summed E-state index contributed by atoms with van der Waals surface area (Å²) in [5.74, 6) is 0.466. The van der Waals surface area contributed by atoms with Crippen LogP contribution in [0.2, 0.25) is 0 Å². The lowest BCUT2D eigenvalue weighted by Crippen LogP contribution is -2.40. The number of phenolic OH excluding ortho intramolecular Hbond substituents is 1. The quantitative estimate of drug-likeness (QED) is 0.819. The number of aromatic hydroxyl groups is 1. The molecule has 0 aromatic heterocycles. The topological polar surface area (TPSA) is 49.3 Å². The van der Waals surface area contributed by atoms with E-state index in [-0.39, 0.29) is 17.7 Å². The summed E-state index contributed by atoms with van der Waals surface area (Å²) in [4.78, 5) is 11.8. The molecule has 3 nitrogen and oxygen atoms in total. The largest absolute Gasteiger partial charge is 0.507 e. The van der Waals surface area contributed by atoms with E-state index in [1.807, 2.05) is 6.92 Å². The molecule has 86 valence electrons. The molecule has 0 bridgehead atoms. The molecule has 0 saturated heterocycles. The molecule has 1 atom stereocenters. The summed E-state index contributed by atoms with van der Waals surface area (Å²) in [6, 6.07) is 6.83. The molecule has 1 aromatic carbocycles. The Kier molecular flexibility index (Phi) is 3.13. The van der Waals surface area contributed by atoms with E-state index < -0.39 is 0 Å². The summed E-state index contributed by atoms with van der Waals surface area (Å²) < 4.78 is 0. The molecule has 0 heterocycles. The van der Waals surface area contributed by atoms with Crippen molar-refractivity contribution in [3.8, 4) is 5.75 Å². The van der Waals surface area contributed by atoms with Crippen LogP contribution in [0, 0.1) is 5.92 Å². The van der Waals surface area contributed by atoms with Crippen molar-refractivity contribution in [1.82, 2.24) is 5.32 Å². The second kappa shape index (κ2) is 4.56. The molecule has 1 aliphatic rings. The minimum atomic E-state index is -0.183. The van der Waals surface area contributed by atoms with E-state index in [1.165, 1.54) is 25.3 Å². The zero-order valence-corrected chi connectivity index (χ0v) is 9.44. The zero-order valence-electron chi connectivity index (χ0n) is 9.44. The fourth-order valence-electron chi connectivity index (χ4n) is 2.01. The molecular formula is C13H17NO2. The van der Waals surface area contributed by atoms with E-state index in [4.69, 9.17) is 0 Å². The number of carbonyl (C=O) groups excluding carboxylic acids is 1. The minimum Gasteiger partial charge on any atom is -0.507 e. The van der Waals surface area contributed by atoms with Gasteiger partial charge < -0.3 is 10.4 Å². The lowest BCUT2D eigenvalue weighted by Gasteiger charge is -2.31. The van der Waals surface area contributed by atoms with Crippen LogP contribution in [-0.4, -0.2) is 17.1 Å². The Morgan fingerprint density at radius 1 is 1.44 bits per heavy atom. The van der Waals surface area contributed by atoms with Crippen LogP contribution in [0.4, 0.5) is 0 Å². The van der Waals surface area contributed by atoms with Crippen molar-refractivity contribution in [2.45, 2.75) is 32.2 Å². The number of rotatable bonds is 3. The number of carbonyl (C=O) groups is 1. The van der Waals surface area contributed by atoms with Gasteiger partial charge >= 0.3 is 0 Å². The SMILES string of the molecule is CC(NC(=O)c1ccccc1O)C1CCC1. The third kappa shape index (κ3) is 2.18. The zero-order chi connectivity index (χ0) is 11.5. The number of nitrogens with one attached hydrogen (secondary N) is 1. The van der Waals surface area contributed by atoms with Gasteiger partial charge in [0.15, 0.2) is 0 Å². The van der Waals surface area contributed by atoms with Crippen LogP contribution in [-0.2, 0) is 0 Å². The van der Waals surface area contributed by atoms with Crippen molar-refractivity contribution in [3.63, 3.8) is 0 Å². The molecule has 1 saturated carbocycles. The Labute approximate surface area is 95.5 Å². The van der Waals surface area contributed by atoms with Gasteiger partial charge in [0.05, 0.1) is 5.56 Å². The molecule has 1 fully saturated rings. The first-order valence-electron chi connectivity index (χ1n) is 5.77. The Bertz CT molecular complexity index is 385. The first kappa shape index (κ1) is 11.0. The number of amides is 1. The van der Waals surface area contributed by atoms with E-state index in [0.717, 1.165) is 0 Å². The van der Waals surface area contributed by atoms with Crippen molar-refractivity contribution in [3.05, 3.63) is 29.8 Å². The molecule has 1 aliphatic carbocycles. The van der Waals surface area contributed by atoms with Crippen molar-refractivity contribution in [2.75, 3.05) is 0 Å². The highest BCUT2D eigenvalue weighted by Gasteiger charge is 2.25. The van der Waals surface area contributed by atoms with Crippen LogP contribution < -0.4 is 5.32 Å². The number of phenols is 1. The molecular weight excluding hydrogens is 202 g/mol. The Morgan fingerprint density at radius 2 is 2.12 bits per heavy atom. The molecule has 2 rings (SSSR count). The van der Waals surface area contributed by atoms with Crippen molar-refractivity contribution < 1.29 is 9.90 Å². The van der Waals surface area contributed by atoms with Gasteiger partial charge in [-0.1, -0.05) is 18.6 Å². The highest BCUT2D eigenvalue weighted by molar-refractivity contribution is 5.96. The third-order valence-corrected chi connectivity index (χ3v) is 3.36. The van der Waals surface area contributed by atoms with Gasteiger partial charge in [0.2, 0.25) is 0 Å². The van der Waals surface area contributed by atoms with Crippen LogP contribution in [0.15, 0.2) is 24.3 Å². The smallest absolute Gasteiger partial charge is 0.255 e. The van der Waals surface area contributed by atoms with Crippen molar-refractivity contribution in [1.29, 1.82) is 0 Å². The highest BCUT2D eigenvalue weighted by Crippen LogP contribution is 2.29. The second-order valence-corrected chi connectivity index (χ2v) is 4.47. The van der Waals surface area contributed by atoms with Gasteiger partial charge in [-0.25, -0.2) is 0 Å². The van der Waals surface area contributed by atoms with Crippen molar-refractivity contribution in [2.24, 2.45) is 5.92 Å². The second-order valence-electron chi connectivity index (χ2n) is 4.47. The Balaban J connectivity index is 2.00. The summed E-state index contributed by atoms with van der Waals surface area (Å²) in [5, 5.41) is 12.5. The highest BCUT2D eigenvalue weighted by atomic mass is 16.3. The van der Waals surface area contributed by atoms with Gasteiger partial charge in [-0.05, 0) is 37.8 Å². The van der Waals surface area contributed by atoms with E-state index in [9.17, 15) is 9.90 Å². The van der Waals surface area contributed by atoms with Crippen LogP contribution in [0.3, 0.4) is 0 Å². The first-order chi connectivity index (χ1) is 7.68. The van der Waals surface area contributed by atoms with Crippen LogP contribution in [0.5, 0.6) is 5.75 Å². The van der Waals surface area contributed by atoms with Crippen LogP contribution in [0.1, 0.15) is 36.5 Å². The van der Waals surface area contributed by atoms with E-state index >= 15 is 0 Å². The predicted octanol–water partition coefficient (Wildman–Crippen LogP) is 2.31. The number of hydrogen-bond donors (Lipinski definition) is 2. The fourth-order valence-corrected chi connectivity index (χ4v) is 2.01. The third-order valence-electron chi connectivity index (χ3n) is 3.36. The summed E-state index contributed by atoms with van der Waals surface area (Å²) in [5.41, 5.74) is 0.355. The predicted molar refractivity (Wildman–Crippen MR) is 62.4 cm³/mol. The lowest BCUT2D eigenvalue weighted by molar-refractivity contribution is 0.0906. The van der Waals surface area contributed by atoms with Gasteiger partial charge in [0, 0.05) is 6.04 Å². The molecule has 0 radical (unpaired) electrons. The standard InChI is InChI=1S/C13H17NO2/c1-9(10-5-4-6-10)14-13(16)11-7-2-3-8-12(11)15/h2-3,7-10,15H,4-6H2,1H3,(H,14,16). The van der Waals surface area contributed by atoms with E-state index in [2.05, 4.69) is 5.32 Å². The number of benzene rings is 1. The average molecular weight is 219 g/mol. The maximum absolute atomic E-state index is 11.8. The summed E-state index contributed by atoms with van der Waals surface area (Å²) >= 11 is 0. The first-order valence-corrected chi connectivity index (χ1v) is 5.77. The normalized spacial score (nSPS) is 17.6. The molecule has 3 heteroatoms. The number of para-hydroxylation sites is 1. The molecule has 0 spiro atoms. The maximum atomic E-state index is 11.8. The van der Waals surface area contributed by atoms with E-state index in [0.29, 0.717) is 11.5 Å². The van der Waals surface area contributed by atoms with Gasteiger partial charge in [0.1, 0.15) is 5.75 Å². The molecule has 1 unspecified atom stereocenters. The van der Waals surface area contributed by atoms with Gasteiger partial charge in [-0.3, -0.25) is 4.79 Å². The van der Waals surface area contributed by atoms with Gasteiger partial charge in [0.25, 0.3) is 5.91 Å². The molecule has 0 aliphatic heterocycles. The summed E-state index contributed by atoms with van der Waals surface area (Å²) in [7, 11) is 0. The Hall–Kier alpha value is -1.51. The lowest BCUT2D eigenvalue weighted by atomic mass is 9.80. The molecule has 1 aromatic rings. The molecule has 2 N–H and O–H groups in total. The van der Waals surface area contributed by atoms with Crippen molar-refractivity contribution >= 4 is 5.91 Å².